The Labute approximate surface area is 123 Å². The normalized spacial score (nSPS) is 14.4. The maximum atomic E-state index is 11.6. The minimum atomic E-state index is -0.263. The molecular weight excluding hydrogens is 266 g/mol. The zero-order chi connectivity index (χ0) is 14.7. The Hall–Kier alpha value is -2.11. The van der Waals surface area contributed by atoms with Gasteiger partial charge in [0.25, 0.3) is 5.91 Å². The van der Waals surface area contributed by atoms with Crippen molar-refractivity contribution < 1.29 is 9.21 Å². The van der Waals surface area contributed by atoms with Gasteiger partial charge in [-0.25, -0.2) is 5.84 Å². The van der Waals surface area contributed by atoms with Gasteiger partial charge in [-0.05, 0) is 42.7 Å². The van der Waals surface area contributed by atoms with Gasteiger partial charge in [0.15, 0.2) is 0 Å². The number of nitrogens with two attached hydrogens (primary N) is 1. The third-order valence-electron chi connectivity index (χ3n) is 3.71. The Kier molecular flexibility index (Phi) is 4.03. The molecule has 1 aromatic carbocycles. The van der Waals surface area contributed by atoms with E-state index < -0.39 is 0 Å². The van der Waals surface area contributed by atoms with E-state index in [0.29, 0.717) is 11.6 Å². The van der Waals surface area contributed by atoms with Crippen molar-refractivity contribution >= 4 is 5.91 Å². The molecule has 0 spiro atoms. The fraction of sp³-hybridized carbons (Fsp3) is 0.312. The molecule has 1 aliphatic carbocycles. The van der Waals surface area contributed by atoms with Crippen molar-refractivity contribution in [2.75, 3.05) is 0 Å². The summed E-state index contributed by atoms with van der Waals surface area (Å²) in [5.74, 6) is 5.89. The fourth-order valence-corrected chi connectivity index (χ4v) is 2.49. The average molecular weight is 285 g/mol. The van der Waals surface area contributed by atoms with Crippen LogP contribution in [0, 0.1) is 0 Å². The highest BCUT2D eigenvalue weighted by Crippen LogP contribution is 2.30. The van der Waals surface area contributed by atoms with E-state index in [-0.39, 0.29) is 5.91 Å². The maximum Gasteiger partial charge on any atom is 0.265 e. The number of nitrogens with one attached hydrogen (secondary N) is 1. The van der Waals surface area contributed by atoms with Gasteiger partial charge in [-0.15, -0.1) is 0 Å². The summed E-state index contributed by atoms with van der Waals surface area (Å²) in [4.78, 5) is 14.0. The van der Waals surface area contributed by atoms with Crippen LogP contribution in [0.3, 0.4) is 0 Å². The Morgan fingerprint density at radius 2 is 2.14 bits per heavy atom. The van der Waals surface area contributed by atoms with Crippen LogP contribution in [0.15, 0.2) is 47.1 Å². The van der Waals surface area contributed by atoms with Crippen molar-refractivity contribution in [2.24, 2.45) is 5.84 Å². The second-order valence-corrected chi connectivity index (χ2v) is 5.39. The van der Waals surface area contributed by atoms with Gasteiger partial charge in [0.1, 0.15) is 5.76 Å². The minimum absolute atomic E-state index is 0.263. The molecule has 5 heteroatoms. The molecule has 1 amide bonds. The molecule has 0 saturated heterocycles. The van der Waals surface area contributed by atoms with Crippen LogP contribution in [0.1, 0.15) is 34.5 Å². The molecular formula is C16H19N3O2. The first-order valence-corrected chi connectivity index (χ1v) is 7.12. The van der Waals surface area contributed by atoms with E-state index in [9.17, 15) is 4.79 Å². The number of carbonyl (C=O) groups excluding carboxylic acids is 1. The molecule has 21 heavy (non-hydrogen) atoms. The molecule has 0 unspecified atom stereocenters. The van der Waals surface area contributed by atoms with Crippen LogP contribution in [-0.4, -0.2) is 16.8 Å². The molecule has 2 aromatic rings. The summed E-state index contributed by atoms with van der Waals surface area (Å²) >= 11 is 0. The summed E-state index contributed by atoms with van der Waals surface area (Å²) in [6.07, 6.45) is 4.15. The van der Waals surface area contributed by atoms with E-state index in [1.807, 2.05) is 30.3 Å². The van der Waals surface area contributed by atoms with Crippen LogP contribution in [0.4, 0.5) is 0 Å². The number of benzene rings is 1. The number of amides is 1. The predicted octanol–water partition coefficient (Wildman–Crippen LogP) is 2.05. The first-order chi connectivity index (χ1) is 10.3. The SMILES string of the molecule is NNC(=O)c1cccc(CN(Cc2ccco2)C2CC2)c1. The predicted molar refractivity (Wildman–Crippen MR) is 79.1 cm³/mol. The van der Waals surface area contributed by atoms with Crippen molar-refractivity contribution in [2.45, 2.75) is 32.0 Å². The van der Waals surface area contributed by atoms with E-state index >= 15 is 0 Å². The minimum Gasteiger partial charge on any atom is -0.468 e. The number of furan rings is 1. The quantitative estimate of drug-likeness (QED) is 0.484. The van der Waals surface area contributed by atoms with E-state index in [0.717, 1.165) is 24.4 Å². The molecule has 1 aromatic heterocycles. The lowest BCUT2D eigenvalue weighted by Gasteiger charge is -2.21. The monoisotopic (exact) mass is 285 g/mol. The highest BCUT2D eigenvalue weighted by Gasteiger charge is 2.29. The Bertz CT molecular complexity index is 606. The number of nitrogen functional groups attached to an aromatic ring is 1. The molecule has 3 N–H and O–H groups in total. The molecule has 0 radical (unpaired) electrons. The van der Waals surface area contributed by atoms with Crippen LogP contribution < -0.4 is 11.3 Å². The second-order valence-electron chi connectivity index (χ2n) is 5.39. The van der Waals surface area contributed by atoms with Crippen LogP contribution >= 0.6 is 0 Å². The van der Waals surface area contributed by atoms with Crippen LogP contribution in [-0.2, 0) is 13.1 Å². The number of rotatable bonds is 6. The lowest BCUT2D eigenvalue weighted by atomic mass is 10.1. The molecule has 1 heterocycles. The third kappa shape index (κ3) is 3.51. The number of hydrogen-bond donors (Lipinski definition) is 2. The first-order valence-electron chi connectivity index (χ1n) is 7.12. The molecule has 5 nitrogen and oxygen atoms in total. The van der Waals surface area contributed by atoms with Gasteiger partial charge in [0.2, 0.25) is 0 Å². The summed E-state index contributed by atoms with van der Waals surface area (Å²) in [6, 6.07) is 12.1. The van der Waals surface area contributed by atoms with Gasteiger partial charge in [0.05, 0.1) is 12.8 Å². The number of carbonyl (C=O) groups is 1. The molecule has 1 aliphatic rings. The van der Waals surface area contributed by atoms with Gasteiger partial charge in [-0.1, -0.05) is 12.1 Å². The third-order valence-corrected chi connectivity index (χ3v) is 3.71. The van der Waals surface area contributed by atoms with E-state index in [1.165, 1.54) is 12.8 Å². The van der Waals surface area contributed by atoms with Gasteiger partial charge in [0, 0.05) is 18.2 Å². The Morgan fingerprint density at radius 3 is 2.81 bits per heavy atom. The topological polar surface area (TPSA) is 71.5 Å². The molecule has 0 atom stereocenters. The zero-order valence-corrected chi connectivity index (χ0v) is 11.8. The van der Waals surface area contributed by atoms with Crippen molar-refractivity contribution in [3.05, 3.63) is 59.5 Å². The summed E-state index contributed by atoms with van der Waals surface area (Å²) in [6.45, 7) is 1.60. The van der Waals surface area contributed by atoms with Gasteiger partial charge in [-0.3, -0.25) is 15.1 Å². The van der Waals surface area contributed by atoms with Crippen molar-refractivity contribution in [3.63, 3.8) is 0 Å². The number of hydrazine groups is 1. The Morgan fingerprint density at radius 1 is 1.29 bits per heavy atom. The molecule has 0 aliphatic heterocycles. The highest BCUT2D eigenvalue weighted by molar-refractivity contribution is 5.93. The fourth-order valence-electron chi connectivity index (χ4n) is 2.49. The van der Waals surface area contributed by atoms with E-state index in [2.05, 4.69) is 10.3 Å². The van der Waals surface area contributed by atoms with E-state index in [4.69, 9.17) is 10.3 Å². The molecule has 1 saturated carbocycles. The van der Waals surface area contributed by atoms with Gasteiger partial charge in [-0.2, -0.15) is 0 Å². The first kappa shape index (κ1) is 13.9. The molecule has 0 bridgehead atoms. The summed E-state index contributed by atoms with van der Waals surface area (Å²) in [5, 5.41) is 0. The van der Waals surface area contributed by atoms with Crippen LogP contribution in [0.2, 0.25) is 0 Å². The largest absolute Gasteiger partial charge is 0.468 e. The Balaban J connectivity index is 1.72. The summed E-state index contributed by atoms with van der Waals surface area (Å²) in [7, 11) is 0. The van der Waals surface area contributed by atoms with Gasteiger partial charge < -0.3 is 4.42 Å². The lowest BCUT2D eigenvalue weighted by molar-refractivity contribution is 0.0953. The second kappa shape index (κ2) is 6.11. The van der Waals surface area contributed by atoms with Crippen LogP contribution in [0.25, 0.3) is 0 Å². The zero-order valence-electron chi connectivity index (χ0n) is 11.8. The van der Waals surface area contributed by atoms with Crippen molar-refractivity contribution in [3.8, 4) is 0 Å². The van der Waals surface area contributed by atoms with E-state index in [1.54, 1.807) is 12.3 Å². The summed E-state index contributed by atoms with van der Waals surface area (Å²) < 4.78 is 5.44. The highest BCUT2D eigenvalue weighted by atomic mass is 16.3. The number of hydrogen-bond acceptors (Lipinski definition) is 4. The van der Waals surface area contributed by atoms with Crippen molar-refractivity contribution in [1.82, 2.24) is 10.3 Å². The summed E-state index contributed by atoms with van der Waals surface area (Å²) in [5.41, 5.74) is 3.86. The lowest BCUT2D eigenvalue weighted by Crippen LogP contribution is -2.30. The van der Waals surface area contributed by atoms with Gasteiger partial charge >= 0.3 is 0 Å². The van der Waals surface area contributed by atoms with Crippen molar-refractivity contribution in [1.29, 1.82) is 0 Å². The smallest absolute Gasteiger partial charge is 0.265 e. The average Bonchev–Trinajstić information content (AvgIpc) is 3.24. The van der Waals surface area contributed by atoms with Crippen LogP contribution in [0.5, 0.6) is 0 Å². The number of nitrogens with zero attached hydrogens (tertiary/aromatic N) is 1. The standard InChI is InChI=1S/C16H19N3O2/c17-18-16(20)13-4-1-3-12(9-13)10-19(14-6-7-14)11-15-5-2-8-21-15/h1-5,8-9,14H,6-7,10-11,17H2,(H,18,20). The maximum absolute atomic E-state index is 11.6. The molecule has 3 rings (SSSR count). The molecule has 1 fully saturated rings. The molecule has 110 valence electrons.